The average molecular weight is 985 g/mol. The Kier molecular flexibility index (Phi) is 14.6. The molecule has 1 aromatic heterocycles. The number of aromatic hydroxyl groups is 2. The molecule has 3 fully saturated rings. The zero-order valence-electron chi connectivity index (χ0n) is 39.2. The van der Waals surface area contributed by atoms with E-state index in [4.69, 9.17) is 14.2 Å². The van der Waals surface area contributed by atoms with Gasteiger partial charge in [0.05, 0.1) is 55.0 Å². The van der Waals surface area contributed by atoms with E-state index in [9.17, 15) is 63.9 Å². The van der Waals surface area contributed by atoms with Crippen molar-refractivity contribution in [3.63, 3.8) is 0 Å². The number of carbonyl (C=O) groups excluding carboxylic acids is 8. The van der Waals surface area contributed by atoms with E-state index in [1.807, 2.05) is 0 Å². The van der Waals surface area contributed by atoms with Crippen LogP contribution in [0.15, 0.2) is 42.7 Å². The van der Waals surface area contributed by atoms with Crippen molar-refractivity contribution in [2.24, 2.45) is 0 Å². The molecule has 5 amide bonds. The van der Waals surface area contributed by atoms with Crippen molar-refractivity contribution >= 4 is 46.9 Å². The van der Waals surface area contributed by atoms with Gasteiger partial charge in [-0.25, -0.2) is 0 Å². The number of methoxy groups -OCH3 is 1. The molecule has 9 atom stereocenters. The highest BCUT2D eigenvalue weighted by atomic mass is 16.7. The summed E-state index contributed by atoms with van der Waals surface area (Å²) in [5.41, 5.74) is -3.68. The van der Waals surface area contributed by atoms with Crippen LogP contribution in [-0.2, 0) is 51.1 Å². The number of aliphatic hydroxyl groups is 3. The molecule has 3 saturated heterocycles. The number of fused-ring (bicyclic) bond motifs is 3. The molecule has 4 heterocycles. The molecule has 3 aromatic rings. The molecule has 0 spiro atoms. The van der Waals surface area contributed by atoms with Crippen LogP contribution in [0.1, 0.15) is 107 Å². The highest BCUT2D eigenvalue weighted by Crippen LogP contribution is 2.52. The maximum Gasteiger partial charge on any atom is 0.243 e. The zero-order valence-corrected chi connectivity index (χ0v) is 39.2. The number of nitrogens with one attached hydrogen (secondary N) is 3. The normalized spacial score (nSPS) is 26.1. The second-order valence-corrected chi connectivity index (χ2v) is 18.6. The first-order chi connectivity index (χ1) is 33.9. The Morgan fingerprint density at radius 1 is 0.930 bits per heavy atom. The molecule has 378 valence electrons. The third kappa shape index (κ3) is 9.68. The van der Waals surface area contributed by atoms with Crippen LogP contribution in [0.5, 0.6) is 17.2 Å². The molecule has 22 heteroatoms. The molecule has 8 rings (SSSR count). The molecule has 71 heavy (non-hydrogen) atoms. The molecule has 2 aliphatic carbocycles. The van der Waals surface area contributed by atoms with Crippen LogP contribution in [-0.4, -0.2) is 169 Å². The number of amides is 5. The van der Waals surface area contributed by atoms with Crippen molar-refractivity contribution < 1.29 is 78.1 Å². The number of ketones is 3. The number of ether oxygens (including phenoxy) is 3. The Bertz CT molecular complexity index is 2660. The minimum atomic E-state index is -2.41. The second kappa shape index (κ2) is 20.5. The lowest BCUT2D eigenvalue weighted by molar-refractivity contribution is -0.249. The van der Waals surface area contributed by atoms with E-state index in [1.165, 1.54) is 49.0 Å². The first-order valence-electron chi connectivity index (χ1n) is 23.5. The van der Waals surface area contributed by atoms with Gasteiger partial charge in [0.2, 0.25) is 35.3 Å². The molecule has 5 aliphatic rings. The summed E-state index contributed by atoms with van der Waals surface area (Å²) in [6, 6.07) is 3.78. The minimum Gasteiger partial charge on any atom is -0.507 e. The van der Waals surface area contributed by atoms with E-state index >= 15 is 0 Å². The molecule has 0 bridgehead atoms. The first kappa shape index (κ1) is 50.5. The average Bonchev–Trinajstić information content (AvgIpc) is 4.06. The molecule has 0 saturated carbocycles. The van der Waals surface area contributed by atoms with Gasteiger partial charge >= 0.3 is 0 Å². The van der Waals surface area contributed by atoms with Crippen LogP contribution in [0.2, 0.25) is 0 Å². The van der Waals surface area contributed by atoms with E-state index < -0.39 is 144 Å². The number of likely N-dealkylation sites (tertiary alicyclic amines) is 2. The van der Waals surface area contributed by atoms with Crippen molar-refractivity contribution in [1.82, 2.24) is 30.7 Å². The zero-order chi connectivity index (χ0) is 51.1. The largest absolute Gasteiger partial charge is 0.507 e. The van der Waals surface area contributed by atoms with Crippen LogP contribution in [0, 0.1) is 0 Å². The number of carbonyl (C=O) groups is 8. The topological polar surface area (TPSA) is 321 Å². The van der Waals surface area contributed by atoms with Crippen molar-refractivity contribution in [1.29, 1.82) is 0 Å². The summed E-state index contributed by atoms with van der Waals surface area (Å²) in [4.78, 5) is 115. The van der Waals surface area contributed by atoms with E-state index in [1.54, 1.807) is 24.5 Å². The van der Waals surface area contributed by atoms with Gasteiger partial charge in [0.25, 0.3) is 0 Å². The van der Waals surface area contributed by atoms with Gasteiger partial charge in [-0.2, -0.15) is 0 Å². The molecule has 4 unspecified atom stereocenters. The lowest BCUT2D eigenvalue weighted by Crippen LogP contribution is -2.59. The summed E-state index contributed by atoms with van der Waals surface area (Å²) in [5.74, 6) is -6.98. The van der Waals surface area contributed by atoms with Crippen LogP contribution in [0.3, 0.4) is 0 Å². The third-order valence-electron chi connectivity index (χ3n) is 14.1. The van der Waals surface area contributed by atoms with Gasteiger partial charge in [-0.05, 0) is 57.2 Å². The van der Waals surface area contributed by atoms with Gasteiger partial charge < -0.3 is 65.5 Å². The van der Waals surface area contributed by atoms with Gasteiger partial charge in [0.15, 0.2) is 17.9 Å². The number of phenolic OH excluding ortho intramolecular Hbond substituents is 2. The maximum absolute atomic E-state index is 14.1. The summed E-state index contributed by atoms with van der Waals surface area (Å²) in [7, 11) is 1.29. The number of pyridine rings is 1. The number of aliphatic hydroxyl groups excluding tert-OH is 2. The lowest BCUT2D eigenvalue weighted by Gasteiger charge is -2.43. The van der Waals surface area contributed by atoms with Crippen molar-refractivity contribution in [2.75, 3.05) is 33.4 Å². The van der Waals surface area contributed by atoms with Crippen LogP contribution < -0.4 is 20.7 Å². The second-order valence-electron chi connectivity index (χ2n) is 18.6. The minimum absolute atomic E-state index is 0.0279. The summed E-state index contributed by atoms with van der Waals surface area (Å²) < 4.78 is 17.6. The van der Waals surface area contributed by atoms with Crippen LogP contribution in [0.25, 0.3) is 0 Å². The number of Topliss-reactive ketones (excluding diaryl/α,β-unsaturated/α-hetero) is 1. The van der Waals surface area contributed by atoms with Gasteiger partial charge in [0, 0.05) is 61.4 Å². The number of hydrogen-bond acceptors (Lipinski definition) is 17. The van der Waals surface area contributed by atoms with Crippen LogP contribution >= 0.6 is 0 Å². The summed E-state index contributed by atoms with van der Waals surface area (Å²) >= 11 is 0. The van der Waals surface area contributed by atoms with E-state index in [2.05, 4.69) is 20.9 Å². The predicted molar refractivity (Wildman–Crippen MR) is 244 cm³/mol. The van der Waals surface area contributed by atoms with E-state index in [-0.39, 0.29) is 59.7 Å². The van der Waals surface area contributed by atoms with Gasteiger partial charge in [-0.1, -0.05) is 18.2 Å². The maximum atomic E-state index is 14.1. The Balaban J connectivity index is 0.921. The monoisotopic (exact) mass is 984 g/mol. The fraction of sp³-hybridized carbons (Fsp3) is 0.490. The molecular weight excluding hydrogens is 929 g/mol. The highest BCUT2D eigenvalue weighted by molar-refractivity contribution is 6.31. The van der Waals surface area contributed by atoms with E-state index in [0.717, 1.165) is 0 Å². The molecule has 22 nitrogen and oxygen atoms in total. The Labute approximate surface area is 406 Å². The SMILES string of the molecule is COc1cccc2c1C(=O)c1c(O)c3c(c(O)c1C2=O)C[C@@](O)(C(=O)CO)C[C@@H]3OC1CC(NC(=O)[C@@H]2CCCN2C(=O)CNC(=O)[C@H](C)NC(=O)[C@@H]2CCCN2C(=O)Cc2cccnc2)C(O)C(C)O1. The standard InChI is InChI=1S/C49H56N6O16/c1-23(52-47(66)29-10-6-14-54(29)34(58)16-25-8-5-13-50-20-25)46(65)51-21-35(59)55-15-7-11-30(55)48(67)53-28-17-36(70-24(2)41(28)60)71-32-19-49(68,33(57)22-56)18-27-38(32)45(64)40-39(43(27)62)42(61)26-9-4-12-31(69-3)37(26)44(40)63/h4-5,8-9,12-13,20,23-24,28-30,32,36,41,56,60,62,64,68H,6-7,10-11,14-19,21-22H2,1-3H3,(H,51,65)(H,52,66)(H,53,67)/t23-,24?,28?,29-,30-,32-,36?,41?,49-/m0/s1. The Morgan fingerprint density at radius 2 is 1.62 bits per heavy atom. The fourth-order valence-electron chi connectivity index (χ4n) is 10.4. The number of hydrogen-bond donors (Lipinski definition) is 8. The quantitative estimate of drug-likeness (QED) is 0.0732. The van der Waals surface area contributed by atoms with Gasteiger partial charge in [-0.15, -0.1) is 0 Å². The first-order valence-corrected chi connectivity index (χ1v) is 23.5. The molecule has 0 radical (unpaired) electrons. The third-order valence-corrected chi connectivity index (χ3v) is 14.1. The molecule has 2 aromatic carbocycles. The molecule has 8 N–H and O–H groups in total. The highest BCUT2D eigenvalue weighted by Gasteiger charge is 2.51. The summed E-state index contributed by atoms with van der Waals surface area (Å²) in [6.45, 7) is 1.85. The lowest BCUT2D eigenvalue weighted by atomic mass is 9.72. The number of rotatable bonds is 14. The van der Waals surface area contributed by atoms with Crippen molar-refractivity contribution in [3.8, 4) is 17.2 Å². The Hall–Kier alpha value is -6.85. The fourth-order valence-corrected chi connectivity index (χ4v) is 10.4. The molecular formula is C49H56N6O16. The van der Waals surface area contributed by atoms with Crippen molar-refractivity contribution in [2.45, 2.75) is 120 Å². The number of aromatic nitrogens is 1. The Morgan fingerprint density at radius 3 is 2.30 bits per heavy atom. The van der Waals surface area contributed by atoms with Gasteiger partial charge in [-0.3, -0.25) is 43.3 Å². The molecule has 3 aliphatic heterocycles. The number of phenols is 2. The van der Waals surface area contributed by atoms with E-state index in [0.29, 0.717) is 31.4 Å². The van der Waals surface area contributed by atoms with Crippen molar-refractivity contribution in [3.05, 3.63) is 81.7 Å². The predicted octanol–water partition coefficient (Wildman–Crippen LogP) is -0.601. The summed E-state index contributed by atoms with van der Waals surface area (Å²) in [5, 5.41) is 64.3. The van der Waals surface area contributed by atoms with Crippen LogP contribution in [0.4, 0.5) is 0 Å². The summed E-state index contributed by atoms with van der Waals surface area (Å²) in [6.07, 6.45) is -1.93. The number of benzene rings is 2. The number of nitrogens with zero attached hydrogens (tertiary/aromatic N) is 3. The smallest absolute Gasteiger partial charge is 0.243 e. The van der Waals surface area contributed by atoms with Gasteiger partial charge in [0.1, 0.15) is 53.7 Å².